The molecule has 0 radical (unpaired) electrons. The van der Waals surface area contributed by atoms with Crippen LogP contribution >= 0.6 is 0 Å². The second-order valence-electron chi connectivity index (χ2n) is 7.26. The van der Waals surface area contributed by atoms with Gasteiger partial charge >= 0.3 is 0 Å². The zero-order valence-electron chi connectivity index (χ0n) is 17.2. The van der Waals surface area contributed by atoms with Crippen LogP contribution in [0.15, 0.2) is 34.9 Å². The van der Waals surface area contributed by atoms with Crippen LogP contribution in [0.3, 0.4) is 0 Å². The Labute approximate surface area is 170 Å². The van der Waals surface area contributed by atoms with E-state index in [1.807, 2.05) is 36.1 Å². The first-order valence-electron chi connectivity index (χ1n) is 9.85. The minimum Gasteiger partial charge on any atom is -0.497 e. The van der Waals surface area contributed by atoms with Gasteiger partial charge in [0.2, 0.25) is 17.7 Å². The Hall–Kier alpha value is -2.87. The van der Waals surface area contributed by atoms with Crippen molar-refractivity contribution in [2.24, 2.45) is 0 Å². The quantitative estimate of drug-likeness (QED) is 0.766. The van der Waals surface area contributed by atoms with E-state index in [-0.39, 0.29) is 17.9 Å². The molecule has 1 aromatic carbocycles. The molecule has 1 aliphatic heterocycles. The highest BCUT2D eigenvalue weighted by Gasteiger charge is 2.27. The molecule has 1 N–H and O–H groups in total. The predicted octanol–water partition coefficient (Wildman–Crippen LogP) is 2.10. The fourth-order valence-corrected chi connectivity index (χ4v) is 3.37. The van der Waals surface area contributed by atoms with Gasteiger partial charge in [-0.15, -0.1) is 0 Å². The van der Waals surface area contributed by atoms with E-state index < -0.39 is 0 Å². The Morgan fingerprint density at radius 1 is 1.21 bits per heavy atom. The molecule has 1 aromatic heterocycles. The first kappa shape index (κ1) is 20.9. The van der Waals surface area contributed by atoms with Crippen LogP contribution in [0.5, 0.6) is 5.75 Å². The molecule has 1 saturated heterocycles. The smallest absolute Gasteiger partial charge is 0.243 e. The van der Waals surface area contributed by atoms with Crippen LogP contribution in [0.1, 0.15) is 24.6 Å². The van der Waals surface area contributed by atoms with Gasteiger partial charge in [-0.1, -0.05) is 17.3 Å². The van der Waals surface area contributed by atoms with Gasteiger partial charge in [-0.3, -0.25) is 19.8 Å². The predicted molar refractivity (Wildman–Crippen MR) is 109 cm³/mol. The number of amides is 2. The second-order valence-corrected chi connectivity index (χ2v) is 7.26. The number of aryl methyl sites for hydroxylation is 2. The second kappa shape index (κ2) is 9.56. The minimum atomic E-state index is -0.308. The van der Waals surface area contributed by atoms with Crippen LogP contribution < -0.4 is 10.1 Å². The lowest BCUT2D eigenvalue weighted by molar-refractivity contribution is -0.133. The highest BCUT2D eigenvalue weighted by atomic mass is 16.5. The third kappa shape index (κ3) is 5.57. The van der Waals surface area contributed by atoms with E-state index in [1.54, 1.807) is 20.1 Å². The summed E-state index contributed by atoms with van der Waals surface area (Å²) in [6.45, 7) is 6.24. The first-order valence-corrected chi connectivity index (χ1v) is 9.85. The maximum absolute atomic E-state index is 12.5. The van der Waals surface area contributed by atoms with Crippen molar-refractivity contribution in [2.45, 2.75) is 32.7 Å². The third-order valence-corrected chi connectivity index (χ3v) is 5.26. The number of nitrogens with one attached hydrogen (secondary N) is 1. The molecular formula is C21H28N4O4. The van der Waals surface area contributed by atoms with Gasteiger partial charge in [0.1, 0.15) is 5.75 Å². The molecule has 0 saturated carbocycles. The van der Waals surface area contributed by atoms with Crippen LogP contribution in [0.25, 0.3) is 0 Å². The molecule has 2 amide bonds. The topological polar surface area (TPSA) is 87.9 Å². The van der Waals surface area contributed by atoms with Crippen LogP contribution in [0.4, 0.5) is 5.88 Å². The number of methoxy groups -OCH3 is 1. The summed E-state index contributed by atoms with van der Waals surface area (Å²) in [5, 5.41) is 6.51. The molecule has 0 spiro atoms. The molecule has 0 aliphatic carbocycles. The molecule has 1 atom stereocenters. The zero-order valence-corrected chi connectivity index (χ0v) is 17.2. The van der Waals surface area contributed by atoms with E-state index in [1.165, 1.54) is 0 Å². The van der Waals surface area contributed by atoms with Gasteiger partial charge < -0.3 is 14.2 Å². The number of hydrogen-bond donors (Lipinski definition) is 1. The lowest BCUT2D eigenvalue weighted by Gasteiger charge is -2.37. The van der Waals surface area contributed by atoms with Crippen LogP contribution in [-0.2, 0) is 16.0 Å². The van der Waals surface area contributed by atoms with E-state index in [4.69, 9.17) is 9.26 Å². The normalized spacial score (nSPS) is 15.8. The molecule has 0 bridgehead atoms. The van der Waals surface area contributed by atoms with Gasteiger partial charge in [-0.05, 0) is 38.0 Å². The van der Waals surface area contributed by atoms with Crippen molar-refractivity contribution in [3.63, 3.8) is 0 Å². The molecule has 1 fully saturated rings. The summed E-state index contributed by atoms with van der Waals surface area (Å²) in [5.41, 5.74) is 1.83. The van der Waals surface area contributed by atoms with Crippen molar-refractivity contribution >= 4 is 17.7 Å². The number of ether oxygens (including phenoxy) is 1. The molecule has 2 aromatic rings. The van der Waals surface area contributed by atoms with Crippen molar-refractivity contribution in [1.29, 1.82) is 0 Å². The van der Waals surface area contributed by atoms with Gasteiger partial charge in [0.25, 0.3) is 0 Å². The fraction of sp³-hybridized carbons (Fsp3) is 0.476. The van der Waals surface area contributed by atoms with Gasteiger partial charge in [-0.2, -0.15) is 0 Å². The van der Waals surface area contributed by atoms with Crippen molar-refractivity contribution in [2.75, 3.05) is 38.6 Å². The molecule has 8 nitrogen and oxygen atoms in total. The Morgan fingerprint density at radius 2 is 1.90 bits per heavy atom. The largest absolute Gasteiger partial charge is 0.497 e. The highest BCUT2D eigenvalue weighted by molar-refractivity contribution is 5.93. The molecule has 8 heteroatoms. The monoisotopic (exact) mass is 400 g/mol. The molecular weight excluding hydrogens is 372 g/mol. The van der Waals surface area contributed by atoms with Crippen molar-refractivity contribution < 1.29 is 18.8 Å². The summed E-state index contributed by atoms with van der Waals surface area (Å²) in [6.07, 6.45) is 1.19. The maximum Gasteiger partial charge on any atom is 0.243 e. The molecule has 2 heterocycles. The SMILES string of the molecule is COc1ccc(CCC(=O)N2CCN(C(C)C(=O)Nc3cc(C)no3)CC2)cc1. The summed E-state index contributed by atoms with van der Waals surface area (Å²) >= 11 is 0. The van der Waals surface area contributed by atoms with Gasteiger partial charge in [-0.25, -0.2) is 0 Å². The Bertz CT molecular complexity index is 825. The standard InChI is InChI=1S/C21H28N4O4/c1-15-14-19(29-23-15)22-21(27)16(2)24-10-12-25(13-11-24)20(26)9-6-17-4-7-18(28-3)8-5-17/h4-5,7-8,14,16H,6,9-13H2,1-3H3,(H,22,27). The molecule has 1 aliphatic rings. The average Bonchev–Trinajstić information content (AvgIpc) is 3.16. The number of carbonyl (C=O) groups excluding carboxylic acids is 2. The van der Waals surface area contributed by atoms with Gasteiger partial charge in [0.05, 0.1) is 18.8 Å². The number of carbonyl (C=O) groups is 2. The lowest BCUT2D eigenvalue weighted by atomic mass is 10.1. The molecule has 1 unspecified atom stereocenters. The number of nitrogens with zero attached hydrogens (tertiary/aromatic N) is 3. The van der Waals surface area contributed by atoms with Gasteiger partial charge in [0, 0.05) is 38.7 Å². The number of aromatic nitrogens is 1. The number of hydrogen-bond acceptors (Lipinski definition) is 6. The lowest BCUT2D eigenvalue weighted by Crippen LogP contribution is -2.54. The Kier molecular flexibility index (Phi) is 6.87. The first-order chi connectivity index (χ1) is 14.0. The van der Waals surface area contributed by atoms with Gasteiger partial charge in [0.15, 0.2) is 0 Å². The van der Waals surface area contributed by atoms with E-state index >= 15 is 0 Å². The van der Waals surface area contributed by atoms with Crippen molar-refractivity contribution in [3.05, 3.63) is 41.6 Å². The van der Waals surface area contributed by atoms with Crippen LogP contribution in [-0.4, -0.2) is 66.1 Å². The highest BCUT2D eigenvalue weighted by Crippen LogP contribution is 2.15. The third-order valence-electron chi connectivity index (χ3n) is 5.26. The van der Waals surface area contributed by atoms with Crippen molar-refractivity contribution in [1.82, 2.24) is 15.0 Å². The number of piperazine rings is 1. The van der Waals surface area contributed by atoms with Crippen LogP contribution in [0.2, 0.25) is 0 Å². The number of benzene rings is 1. The van der Waals surface area contributed by atoms with E-state index in [2.05, 4.69) is 15.4 Å². The van der Waals surface area contributed by atoms with E-state index in [9.17, 15) is 9.59 Å². The van der Waals surface area contributed by atoms with E-state index in [0.29, 0.717) is 44.9 Å². The molecule has 3 rings (SSSR count). The molecule has 156 valence electrons. The maximum atomic E-state index is 12.5. The Morgan fingerprint density at radius 3 is 2.48 bits per heavy atom. The van der Waals surface area contributed by atoms with Crippen molar-refractivity contribution in [3.8, 4) is 5.75 Å². The molecule has 29 heavy (non-hydrogen) atoms. The average molecular weight is 400 g/mol. The Balaban J connectivity index is 1.42. The summed E-state index contributed by atoms with van der Waals surface area (Å²) in [5.74, 6) is 1.18. The number of anilines is 1. The summed E-state index contributed by atoms with van der Waals surface area (Å²) in [7, 11) is 1.64. The zero-order chi connectivity index (χ0) is 20.8. The summed E-state index contributed by atoms with van der Waals surface area (Å²) in [4.78, 5) is 28.9. The fourth-order valence-electron chi connectivity index (χ4n) is 3.37. The summed E-state index contributed by atoms with van der Waals surface area (Å²) in [6, 6.07) is 9.16. The minimum absolute atomic E-state index is 0.138. The number of rotatable bonds is 7. The van der Waals surface area contributed by atoms with Crippen LogP contribution in [0, 0.1) is 6.92 Å². The summed E-state index contributed by atoms with van der Waals surface area (Å²) < 4.78 is 10.2. The van der Waals surface area contributed by atoms with E-state index in [0.717, 1.165) is 17.0 Å².